The standard InChI is InChI=1S/C10H22N2/c1-8(2)12-5-4-10(7-11)6-9(12)3/h8-10H,4-7,11H2,1-3H3/t9-,10-/m1/s1. The summed E-state index contributed by atoms with van der Waals surface area (Å²) >= 11 is 0. The zero-order chi connectivity index (χ0) is 9.14. The van der Waals surface area contributed by atoms with Crippen molar-refractivity contribution in [3.63, 3.8) is 0 Å². The van der Waals surface area contributed by atoms with Gasteiger partial charge in [0.15, 0.2) is 0 Å². The molecule has 0 aromatic rings. The third-order valence-electron chi connectivity index (χ3n) is 3.03. The zero-order valence-corrected chi connectivity index (χ0v) is 8.59. The summed E-state index contributed by atoms with van der Waals surface area (Å²) in [4.78, 5) is 2.58. The first kappa shape index (κ1) is 10.0. The summed E-state index contributed by atoms with van der Waals surface area (Å²) in [6.07, 6.45) is 2.58. The van der Waals surface area contributed by atoms with Gasteiger partial charge in [-0.3, -0.25) is 4.90 Å². The van der Waals surface area contributed by atoms with E-state index >= 15 is 0 Å². The molecular formula is C10H22N2. The number of nitrogens with two attached hydrogens (primary N) is 1. The van der Waals surface area contributed by atoms with Crippen LogP contribution in [0.15, 0.2) is 0 Å². The summed E-state index contributed by atoms with van der Waals surface area (Å²) in [7, 11) is 0. The Bertz CT molecular complexity index is 134. The van der Waals surface area contributed by atoms with Crippen LogP contribution in [0.4, 0.5) is 0 Å². The maximum Gasteiger partial charge on any atom is 0.00727 e. The topological polar surface area (TPSA) is 29.3 Å². The largest absolute Gasteiger partial charge is 0.330 e. The van der Waals surface area contributed by atoms with Gasteiger partial charge in [0.1, 0.15) is 0 Å². The van der Waals surface area contributed by atoms with E-state index in [1.165, 1.54) is 19.4 Å². The zero-order valence-electron chi connectivity index (χ0n) is 8.59. The second kappa shape index (κ2) is 4.24. The summed E-state index contributed by atoms with van der Waals surface area (Å²) in [5.74, 6) is 0.773. The molecule has 2 nitrogen and oxygen atoms in total. The van der Waals surface area contributed by atoms with Gasteiger partial charge in [0, 0.05) is 12.1 Å². The first-order chi connectivity index (χ1) is 5.65. The van der Waals surface area contributed by atoms with E-state index in [2.05, 4.69) is 25.7 Å². The second-order valence-corrected chi connectivity index (χ2v) is 4.31. The Kier molecular flexibility index (Phi) is 3.53. The van der Waals surface area contributed by atoms with Crippen molar-refractivity contribution in [3.8, 4) is 0 Å². The van der Waals surface area contributed by atoms with Crippen molar-refractivity contribution in [2.75, 3.05) is 13.1 Å². The molecule has 1 rings (SSSR count). The molecule has 1 fully saturated rings. The lowest BCUT2D eigenvalue weighted by Gasteiger charge is -2.39. The summed E-state index contributed by atoms with van der Waals surface area (Å²) in [5.41, 5.74) is 5.67. The minimum atomic E-state index is 0.693. The SMILES string of the molecule is CC(C)N1CC[C@@H](CN)C[C@H]1C. The molecule has 2 atom stereocenters. The number of hydrogen-bond acceptors (Lipinski definition) is 2. The van der Waals surface area contributed by atoms with Crippen molar-refractivity contribution >= 4 is 0 Å². The maximum atomic E-state index is 5.67. The van der Waals surface area contributed by atoms with Gasteiger partial charge in [-0.05, 0) is 52.6 Å². The lowest BCUT2D eigenvalue weighted by atomic mass is 9.91. The van der Waals surface area contributed by atoms with E-state index in [1.54, 1.807) is 0 Å². The molecule has 0 saturated carbocycles. The van der Waals surface area contributed by atoms with Gasteiger partial charge in [-0.25, -0.2) is 0 Å². The molecule has 0 spiro atoms. The molecule has 1 aliphatic rings. The Hall–Kier alpha value is -0.0800. The average Bonchev–Trinajstić information content (AvgIpc) is 2.03. The molecule has 72 valence electrons. The fourth-order valence-corrected chi connectivity index (χ4v) is 2.27. The van der Waals surface area contributed by atoms with Gasteiger partial charge in [-0.1, -0.05) is 0 Å². The van der Waals surface area contributed by atoms with Gasteiger partial charge < -0.3 is 5.73 Å². The Labute approximate surface area is 76.1 Å². The van der Waals surface area contributed by atoms with Crippen molar-refractivity contribution in [3.05, 3.63) is 0 Å². The fourth-order valence-electron chi connectivity index (χ4n) is 2.27. The van der Waals surface area contributed by atoms with Crippen molar-refractivity contribution in [2.24, 2.45) is 11.7 Å². The van der Waals surface area contributed by atoms with Crippen molar-refractivity contribution in [1.82, 2.24) is 4.90 Å². The van der Waals surface area contributed by atoms with Crippen LogP contribution < -0.4 is 5.73 Å². The minimum absolute atomic E-state index is 0.693. The molecule has 1 aliphatic heterocycles. The van der Waals surface area contributed by atoms with Gasteiger partial charge in [0.2, 0.25) is 0 Å². The van der Waals surface area contributed by atoms with Crippen LogP contribution in [0.1, 0.15) is 33.6 Å². The van der Waals surface area contributed by atoms with Gasteiger partial charge in [0.25, 0.3) is 0 Å². The van der Waals surface area contributed by atoms with Crippen molar-refractivity contribution in [1.29, 1.82) is 0 Å². The highest BCUT2D eigenvalue weighted by atomic mass is 15.2. The molecule has 0 radical (unpaired) electrons. The minimum Gasteiger partial charge on any atom is -0.330 e. The van der Waals surface area contributed by atoms with E-state index < -0.39 is 0 Å². The van der Waals surface area contributed by atoms with Crippen molar-refractivity contribution < 1.29 is 0 Å². The van der Waals surface area contributed by atoms with Crippen LogP contribution in [0, 0.1) is 5.92 Å². The van der Waals surface area contributed by atoms with E-state index in [0.717, 1.165) is 18.5 Å². The van der Waals surface area contributed by atoms with Crippen LogP contribution in [0.5, 0.6) is 0 Å². The molecular weight excluding hydrogens is 148 g/mol. The molecule has 2 N–H and O–H groups in total. The van der Waals surface area contributed by atoms with Gasteiger partial charge in [0.05, 0.1) is 0 Å². The van der Waals surface area contributed by atoms with Crippen LogP contribution in [0.25, 0.3) is 0 Å². The Morgan fingerprint density at radius 2 is 2.17 bits per heavy atom. The van der Waals surface area contributed by atoms with Crippen LogP contribution in [0.2, 0.25) is 0 Å². The summed E-state index contributed by atoms with van der Waals surface area (Å²) in [6.45, 7) is 8.98. The normalized spacial score (nSPS) is 32.8. The average molecular weight is 170 g/mol. The molecule has 12 heavy (non-hydrogen) atoms. The Morgan fingerprint density at radius 3 is 2.58 bits per heavy atom. The highest BCUT2D eigenvalue weighted by Crippen LogP contribution is 2.23. The van der Waals surface area contributed by atoms with Gasteiger partial charge in [-0.15, -0.1) is 0 Å². The van der Waals surface area contributed by atoms with Crippen LogP contribution >= 0.6 is 0 Å². The third kappa shape index (κ3) is 2.20. The number of rotatable bonds is 2. The first-order valence-corrected chi connectivity index (χ1v) is 5.11. The Balaban J connectivity index is 2.42. The number of likely N-dealkylation sites (tertiary alicyclic amines) is 1. The Morgan fingerprint density at radius 1 is 1.50 bits per heavy atom. The fraction of sp³-hybridized carbons (Fsp3) is 1.00. The van der Waals surface area contributed by atoms with E-state index in [0.29, 0.717) is 6.04 Å². The highest BCUT2D eigenvalue weighted by molar-refractivity contribution is 4.80. The van der Waals surface area contributed by atoms with E-state index in [1.807, 2.05) is 0 Å². The lowest BCUT2D eigenvalue weighted by Crippen LogP contribution is -2.45. The van der Waals surface area contributed by atoms with Crippen molar-refractivity contribution in [2.45, 2.75) is 45.7 Å². The molecule has 1 heterocycles. The van der Waals surface area contributed by atoms with E-state index in [9.17, 15) is 0 Å². The molecule has 1 saturated heterocycles. The highest BCUT2D eigenvalue weighted by Gasteiger charge is 2.25. The third-order valence-corrected chi connectivity index (χ3v) is 3.03. The lowest BCUT2D eigenvalue weighted by molar-refractivity contribution is 0.0944. The molecule has 0 aromatic heterocycles. The smallest absolute Gasteiger partial charge is 0.00727 e. The summed E-state index contributed by atoms with van der Waals surface area (Å²) < 4.78 is 0. The molecule has 0 amide bonds. The van der Waals surface area contributed by atoms with E-state index in [4.69, 9.17) is 5.73 Å². The van der Waals surface area contributed by atoms with Crippen LogP contribution in [-0.2, 0) is 0 Å². The monoisotopic (exact) mass is 170 g/mol. The molecule has 0 aliphatic carbocycles. The summed E-state index contributed by atoms with van der Waals surface area (Å²) in [5, 5.41) is 0. The number of piperidine rings is 1. The second-order valence-electron chi connectivity index (χ2n) is 4.31. The predicted octanol–water partition coefficient (Wildman–Crippen LogP) is 1.45. The maximum absolute atomic E-state index is 5.67. The quantitative estimate of drug-likeness (QED) is 0.679. The summed E-state index contributed by atoms with van der Waals surface area (Å²) in [6, 6.07) is 1.42. The van der Waals surface area contributed by atoms with E-state index in [-0.39, 0.29) is 0 Å². The molecule has 2 heteroatoms. The van der Waals surface area contributed by atoms with Gasteiger partial charge >= 0.3 is 0 Å². The molecule has 0 aromatic carbocycles. The number of hydrogen-bond donors (Lipinski definition) is 1. The molecule has 0 bridgehead atoms. The van der Waals surface area contributed by atoms with Crippen LogP contribution in [-0.4, -0.2) is 30.1 Å². The predicted molar refractivity (Wildman–Crippen MR) is 53.1 cm³/mol. The van der Waals surface area contributed by atoms with Crippen LogP contribution in [0.3, 0.4) is 0 Å². The van der Waals surface area contributed by atoms with Gasteiger partial charge in [-0.2, -0.15) is 0 Å². The number of nitrogens with zero attached hydrogens (tertiary/aromatic N) is 1. The first-order valence-electron chi connectivity index (χ1n) is 5.11. The molecule has 0 unspecified atom stereocenters.